The summed E-state index contributed by atoms with van der Waals surface area (Å²) in [5, 5.41) is 2.64. The van der Waals surface area contributed by atoms with Crippen molar-refractivity contribution in [2.45, 2.75) is 13.5 Å². The zero-order chi connectivity index (χ0) is 15.2. The molecule has 0 aromatic heterocycles. The number of rotatable bonds is 3. The molecule has 2 aromatic carbocycles. The molecule has 108 valence electrons. The molecule has 2 amide bonds. The van der Waals surface area contributed by atoms with Gasteiger partial charge in [-0.3, -0.25) is 9.59 Å². The number of hydrogen-bond donors (Lipinski definition) is 1. The van der Waals surface area contributed by atoms with Gasteiger partial charge in [-0.05, 0) is 24.6 Å². The van der Waals surface area contributed by atoms with Crippen molar-refractivity contribution in [3.63, 3.8) is 0 Å². The molecular weight excluding hydrogens is 264 g/mol. The van der Waals surface area contributed by atoms with Gasteiger partial charge in [0.05, 0.1) is 0 Å². The van der Waals surface area contributed by atoms with E-state index in [2.05, 4.69) is 5.32 Å². The first-order valence-electron chi connectivity index (χ1n) is 6.74. The Balaban J connectivity index is 1.94. The lowest BCUT2D eigenvalue weighted by Crippen LogP contribution is -2.40. The van der Waals surface area contributed by atoms with Crippen molar-refractivity contribution in [1.29, 1.82) is 0 Å². The Hall–Kier alpha value is -2.62. The number of benzene rings is 2. The molecule has 0 fully saturated rings. The van der Waals surface area contributed by atoms with E-state index >= 15 is 0 Å². The van der Waals surface area contributed by atoms with Crippen LogP contribution in [0.25, 0.3) is 0 Å². The van der Waals surface area contributed by atoms with Crippen LogP contribution in [0.1, 0.15) is 11.1 Å². The Labute approximate surface area is 124 Å². The van der Waals surface area contributed by atoms with Crippen molar-refractivity contribution in [3.8, 4) is 0 Å². The normalized spacial score (nSPS) is 10.0. The monoisotopic (exact) mass is 282 g/mol. The van der Waals surface area contributed by atoms with Gasteiger partial charge in [0.2, 0.25) is 0 Å². The van der Waals surface area contributed by atoms with Gasteiger partial charge in [-0.15, -0.1) is 0 Å². The molecule has 0 aliphatic carbocycles. The van der Waals surface area contributed by atoms with Crippen LogP contribution in [0, 0.1) is 6.92 Å². The van der Waals surface area contributed by atoms with Crippen LogP contribution in [0.2, 0.25) is 0 Å². The highest BCUT2D eigenvalue weighted by molar-refractivity contribution is 6.40. The van der Waals surface area contributed by atoms with Crippen LogP contribution >= 0.6 is 0 Å². The number of aryl methyl sites for hydroxylation is 1. The molecule has 0 aliphatic heterocycles. The van der Waals surface area contributed by atoms with Gasteiger partial charge >= 0.3 is 11.8 Å². The van der Waals surface area contributed by atoms with Gasteiger partial charge in [0.25, 0.3) is 0 Å². The Bertz CT molecular complexity index is 621. The summed E-state index contributed by atoms with van der Waals surface area (Å²) in [6.07, 6.45) is 0. The van der Waals surface area contributed by atoms with Gasteiger partial charge in [0.15, 0.2) is 0 Å². The zero-order valence-electron chi connectivity index (χ0n) is 12.2. The second kappa shape index (κ2) is 6.70. The topological polar surface area (TPSA) is 49.4 Å². The molecule has 0 spiro atoms. The minimum absolute atomic E-state index is 0.341. The average Bonchev–Trinajstić information content (AvgIpc) is 2.53. The minimum atomic E-state index is -0.609. The summed E-state index contributed by atoms with van der Waals surface area (Å²) >= 11 is 0. The fourth-order valence-corrected chi connectivity index (χ4v) is 1.89. The van der Waals surface area contributed by atoms with Crippen LogP contribution < -0.4 is 10.2 Å². The first kappa shape index (κ1) is 14.8. The minimum Gasteiger partial charge on any atom is -0.344 e. The number of likely N-dealkylation sites (N-methyl/N-ethyl adjacent to an activating group) is 1. The molecule has 0 unspecified atom stereocenters. The Morgan fingerprint density at radius 2 is 1.62 bits per heavy atom. The van der Waals surface area contributed by atoms with Crippen LogP contribution in [0.5, 0.6) is 0 Å². The van der Waals surface area contributed by atoms with Crippen LogP contribution in [0.3, 0.4) is 0 Å². The first-order valence-corrected chi connectivity index (χ1v) is 6.74. The smallest absolute Gasteiger partial charge is 0.316 e. The number of para-hydroxylation sites is 1. The second-order valence-electron chi connectivity index (χ2n) is 4.87. The molecule has 1 N–H and O–H groups in total. The molecule has 0 saturated heterocycles. The van der Waals surface area contributed by atoms with Crippen LogP contribution in [-0.2, 0) is 16.1 Å². The Morgan fingerprint density at radius 1 is 1.00 bits per heavy atom. The third-order valence-electron chi connectivity index (χ3n) is 3.22. The number of nitrogens with one attached hydrogen (secondary N) is 1. The molecule has 0 atom stereocenters. The zero-order valence-corrected chi connectivity index (χ0v) is 12.2. The van der Waals surface area contributed by atoms with E-state index in [0.29, 0.717) is 12.2 Å². The van der Waals surface area contributed by atoms with Crippen molar-refractivity contribution in [3.05, 3.63) is 65.7 Å². The summed E-state index contributed by atoms with van der Waals surface area (Å²) in [4.78, 5) is 25.3. The third kappa shape index (κ3) is 3.92. The summed E-state index contributed by atoms with van der Waals surface area (Å²) in [6.45, 7) is 2.34. The highest BCUT2D eigenvalue weighted by Gasteiger charge is 2.19. The van der Waals surface area contributed by atoms with Gasteiger partial charge in [-0.1, -0.05) is 48.0 Å². The van der Waals surface area contributed by atoms with Crippen LogP contribution in [-0.4, -0.2) is 18.9 Å². The van der Waals surface area contributed by atoms with Gasteiger partial charge in [0.1, 0.15) is 0 Å². The van der Waals surface area contributed by atoms with E-state index in [1.54, 1.807) is 19.2 Å². The maximum absolute atomic E-state index is 12.0. The van der Waals surface area contributed by atoms with Crippen LogP contribution in [0.4, 0.5) is 5.69 Å². The average molecular weight is 282 g/mol. The summed E-state index contributed by atoms with van der Waals surface area (Å²) in [6, 6.07) is 16.9. The molecule has 4 heteroatoms. The maximum Gasteiger partial charge on any atom is 0.316 e. The number of carbonyl (C=O) groups is 2. The molecule has 2 rings (SSSR count). The highest BCUT2D eigenvalue weighted by Crippen LogP contribution is 2.11. The van der Waals surface area contributed by atoms with Crippen LogP contribution in [0.15, 0.2) is 54.6 Å². The lowest BCUT2D eigenvalue weighted by molar-refractivity contribution is -0.137. The molecule has 21 heavy (non-hydrogen) atoms. The van der Waals surface area contributed by atoms with E-state index in [4.69, 9.17) is 0 Å². The lowest BCUT2D eigenvalue weighted by Gasteiger charge is -2.16. The van der Waals surface area contributed by atoms with E-state index in [1.165, 1.54) is 4.90 Å². The number of nitrogens with zero attached hydrogens (tertiary/aromatic N) is 1. The van der Waals surface area contributed by atoms with E-state index < -0.39 is 11.8 Å². The van der Waals surface area contributed by atoms with Crippen molar-refractivity contribution < 1.29 is 9.59 Å². The van der Waals surface area contributed by atoms with Crippen molar-refractivity contribution in [2.24, 2.45) is 0 Å². The Kier molecular flexibility index (Phi) is 4.72. The summed E-state index contributed by atoms with van der Waals surface area (Å²) in [5.74, 6) is -1.18. The Morgan fingerprint density at radius 3 is 2.24 bits per heavy atom. The van der Waals surface area contributed by atoms with E-state index in [-0.39, 0.29) is 0 Å². The molecule has 0 saturated carbocycles. The fourth-order valence-electron chi connectivity index (χ4n) is 1.89. The molecule has 0 aliphatic rings. The molecule has 4 nitrogen and oxygen atoms in total. The molecule has 2 aromatic rings. The first-order chi connectivity index (χ1) is 10.1. The standard InChI is InChI=1S/C17H18N2O2/c1-13-8-10-14(11-9-13)12-18-16(20)17(21)19(2)15-6-4-3-5-7-15/h3-11H,12H2,1-2H3,(H,18,20). The lowest BCUT2D eigenvalue weighted by atomic mass is 10.1. The number of hydrogen-bond acceptors (Lipinski definition) is 2. The number of carbonyl (C=O) groups excluding carboxylic acids is 2. The summed E-state index contributed by atoms with van der Waals surface area (Å²) in [7, 11) is 1.59. The van der Waals surface area contributed by atoms with Crippen molar-refractivity contribution in [1.82, 2.24) is 5.32 Å². The van der Waals surface area contributed by atoms with Crippen molar-refractivity contribution >= 4 is 17.5 Å². The molecule has 0 heterocycles. The van der Waals surface area contributed by atoms with E-state index in [0.717, 1.165) is 11.1 Å². The maximum atomic E-state index is 12.0. The fraction of sp³-hybridized carbons (Fsp3) is 0.176. The quantitative estimate of drug-likeness (QED) is 0.878. The SMILES string of the molecule is Cc1ccc(CNC(=O)C(=O)N(C)c2ccccc2)cc1. The second-order valence-corrected chi connectivity index (χ2v) is 4.87. The van der Waals surface area contributed by atoms with E-state index in [9.17, 15) is 9.59 Å². The molecular formula is C17H18N2O2. The van der Waals surface area contributed by atoms with Gasteiger partial charge in [0, 0.05) is 19.3 Å². The third-order valence-corrected chi connectivity index (χ3v) is 3.22. The summed E-state index contributed by atoms with van der Waals surface area (Å²) < 4.78 is 0. The molecule has 0 radical (unpaired) electrons. The van der Waals surface area contributed by atoms with Gasteiger partial charge < -0.3 is 10.2 Å². The number of amides is 2. The van der Waals surface area contributed by atoms with Gasteiger partial charge in [-0.25, -0.2) is 0 Å². The summed E-state index contributed by atoms with van der Waals surface area (Å²) in [5.41, 5.74) is 2.81. The predicted molar refractivity (Wildman–Crippen MR) is 82.9 cm³/mol. The van der Waals surface area contributed by atoms with E-state index in [1.807, 2.05) is 49.4 Å². The van der Waals surface area contributed by atoms with Gasteiger partial charge in [-0.2, -0.15) is 0 Å². The largest absolute Gasteiger partial charge is 0.344 e. The predicted octanol–water partition coefficient (Wildman–Crippen LogP) is 2.27. The van der Waals surface area contributed by atoms with Crippen molar-refractivity contribution in [2.75, 3.05) is 11.9 Å². The number of anilines is 1. The highest BCUT2D eigenvalue weighted by atomic mass is 16.2. The molecule has 0 bridgehead atoms.